The highest BCUT2D eigenvalue weighted by Gasteiger charge is 2.33. The number of benzene rings is 1. The van der Waals surface area contributed by atoms with Crippen molar-refractivity contribution in [2.45, 2.75) is 50.2 Å². The van der Waals surface area contributed by atoms with Gasteiger partial charge in [0.1, 0.15) is 11.6 Å². The van der Waals surface area contributed by atoms with Crippen LogP contribution in [-0.4, -0.2) is 50.7 Å². The summed E-state index contributed by atoms with van der Waals surface area (Å²) in [5.41, 5.74) is 1.61. The summed E-state index contributed by atoms with van der Waals surface area (Å²) in [5, 5.41) is 29.3. The van der Waals surface area contributed by atoms with E-state index < -0.39 is 5.82 Å². The van der Waals surface area contributed by atoms with Crippen LogP contribution in [-0.2, 0) is 0 Å². The van der Waals surface area contributed by atoms with Crippen LogP contribution >= 0.6 is 0 Å². The van der Waals surface area contributed by atoms with Crippen LogP contribution in [0.2, 0.25) is 0 Å². The minimum atomic E-state index is -0.451. The van der Waals surface area contributed by atoms with Crippen LogP contribution in [0.4, 0.5) is 10.2 Å². The van der Waals surface area contributed by atoms with E-state index in [0.29, 0.717) is 34.9 Å². The number of piperidine rings is 2. The van der Waals surface area contributed by atoms with Gasteiger partial charge in [0, 0.05) is 48.1 Å². The van der Waals surface area contributed by atoms with Crippen LogP contribution in [0.1, 0.15) is 32.1 Å². The number of nitrogens with one attached hydrogen (secondary N) is 2. The van der Waals surface area contributed by atoms with Gasteiger partial charge in [0.2, 0.25) is 0 Å². The number of phenolic OH excluding ortho intramolecular Hbond substituents is 1. The van der Waals surface area contributed by atoms with Gasteiger partial charge in [-0.3, -0.25) is 5.10 Å². The van der Waals surface area contributed by atoms with Crippen molar-refractivity contribution >= 4 is 5.82 Å². The second kappa shape index (κ2) is 7.68. The Labute approximate surface area is 174 Å². The molecule has 3 aromatic rings. The number of nitrogens with zero attached hydrogens (tertiary/aromatic N) is 4. The van der Waals surface area contributed by atoms with E-state index in [2.05, 4.69) is 37.7 Å². The van der Waals surface area contributed by atoms with Gasteiger partial charge in [0.15, 0.2) is 5.82 Å². The molecule has 30 heavy (non-hydrogen) atoms. The average molecular weight is 408 g/mol. The molecule has 0 saturated carbocycles. The van der Waals surface area contributed by atoms with E-state index in [4.69, 9.17) is 0 Å². The van der Waals surface area contributed by atoms with E-state index in [1.807, 2.05) is 6.07 Å². The molecule has 0 unspecified atom stereocenters. The number of phenols is 1. The molecule has 3 atom stereocenters. The number of halogens is 1. The Morgan fingerprint density at radius 3 is 2.57 bits per heavy atom. The van der Waals surface area contributed by atoms with Crippen molar-refractivity contribution in [3.05, 3.63) is 42.5 Å². The van der Waals surface area contributed by atoms with Gasteiger partial charge in [0.05, 0.1) is 11.9 Å². The predicted molar refractivity (Wildman–Crippen MR) is 113 cm³/mol. The highest BCUT2D eigenvalue weighted by Crippen LogP contribution is 2.35. The second-order valence-electron chi connectivity index (χ2n) is 8.34. The summed E-state index contributed by atoms with van der Waals surface area (Å²) in [6.07, 6.45) is 9.10. The zero-order valence-electron chi connectivity index (χ0n) is 16.8. The molecule has 1 aromatic carbocycles. The molecule has 2 fully saturated rings. The Morgan fingerprint density at radius 1 is 1.10 bits per heavy atom. The van der Waals surface area contributed by atoms with Gasteiger partial charge in [0.25, 0.3) is 0 Å². The summed E-state index contributed by atoms with van der Waals surface area (Å²) in [5.74, 6) is 0.293. The number of aromatic hydroxyl groups is 1. The predicted octanol–water partition coefficient (Wildman–Crippen LogP) is 3.49. The van der Waals surface area contributed by atoms with Crippen LogP contribution in [0.25, 0.3) is 22.4 Å². The highest BCUT2D eigenvalue weighted by molar-refractivity contribution is 5.74. The third-order valence-electron chi connectivity index (χ3n) is 6.42. The molecule has 2 aliphatic rings. The lowest BCUT2D eigenvalue weighted by Gasteiger charge is -2.43. The first-order valence-corrected chi connectivity index (χ1v) is 10.4. The summed E-state index contributed by atoms with van der Waals surface area (Å²) in [6.45, 7) is 0. The Bertz CT molecular complexity index is 1010. The first-order valence-electron chi connectivity index (χ1n) is 10.4. The Kier molecular flexibility index (Phi) is 4.86. The first kappa shape index (κ1) is 19.0. The Hall–Kier alpha value is -3.00. The molecule has 3 N–H and O–H groups in total. The number of rotatable bonds is 4. The SMILES string of the molecule is CN(c1ccc(-c2cc(F)c(-c3cn[nH]c3)cc2O)nn1)[C@H]1C[C@H]2CCC[C@@H](C1)N2. The van der Waals surface area contributed by atoms with Crippen molar-refractivity contribution in [2.75, 3.05) is 11.9 Å². The number of H-pyrrole nitrogens is 1. The van der Waals surface area contributed by atoms with E-state index in [9.17, 15) is 9.50 Å². The molecule has 2 aromatic heterocycles. The average Bonchev–Trinajstić information content (AvgIpc) is 3.29. The lowest BCUT2D eigenvalue weighted by Crippen LogP contribution is -2.54. The van der Waals surface area contributed by atoms with Gasteiger partial charge in [-0.1, -0.05) is 6.42 Å². The summed E-state index contributed by atoms with van der Waals surface area (Å²) in [7, 11) is 2.06. The van der Waals surface area contributed by atoms with E-state index in [1.165, 1.54) is 37.6 Å². The number of hydrogen-bond donors (Lipinski definition) is 3. The normalized spacial score (nSPS) is 23.3. The molecule has 7 nitrogen and oxygen atoms in total. The number of fused-ring (bicyclic) bond motifs is 2. The zero-order chi connectivity index (χ0) is 20.7. The van der Waals surface area contributed by atoms with Crippen molar-refractivity contribution < 1.29 is 9.50 Å². The van der Waals surface area contributed by atoms with E-state index >= 15 is 0 Å². The van der Waals surface area contributed by atoms with E-state index in [1.54, 1.807) is 12.3 Å². The number of aromatic amines is 1. The van der Waals surface area contributed by atoms with E-state index in [0.717, 1.165) is 18.7 Å². The first-order chi connectivity index (χ1) is 14.6. The molecule has 0 amide bonds. The number of hydrogen-bond acceptors (Lipinski definition) is 6. The van der Waals surface area contributed by atoms with Crippen molar-refractivity contribution in [1.29, 1.82) is 0 Å². The topological polar surface area (TPSA) is 90.0 Å². The molecular weight excluding hydrogens is 383 g/mol. The maximum Gasteiger partial charge on any atom is 0.151 e. The van der Waals surface area contributed by atoms with Gasteiger partial charge >= 0.3 is 0 Å². The van der Waals surface area contributed by atoms with E-state index in [-0.39, 0.29) is 11.3 Å². The summed E-state index contributed by atoms with van der Waals surface area (Å²) in [4.78, 5) is 2.20. The molecule has 2 bridgehead atoms. The zero-order valence-corrected chi connectivity index (χ0v) is 16.8. The van der Waals surface area contributed by atoms with Crippen LogP contribution < -0.4 is 10.2 Å². The largest absolute Gasteiger partial charge is 0.507 e. The molecule has 8 heteroatoms. The quantitative estimate of drug-likeness (QED) is 0.612. The monoisotopic (exact) mass is 408 g/mol. The van der Waals surface area contributed by atoms with Crippen LogP contribution in [0.15, 0.2) is 36.7 Å². The minimum absolute atomic E-state index is 0.0471. The van der Waals surface area contributed by atoms with Crippen molar-refractivity contribution in [3.63, 3.8) is 0 Å². The lowest BCUT2D eigenvalue weighted by molar-refractivity contribution is 0.219. The molecule has 2 saturated heterocycles. The molecule has 156 valence electrons. The standard InChI is InChI=1S/C22H25FN6O/c1-29(16-7-14-3-2-4-15(8-16)26-14)22-6-5-20(27-28-22)18-9-19(23)17(10-21(18)30)13-11-24-25-12-13/h5-6,9-12,14-16,26,30H,2-4,7-8H2,1H3,(H,24,25)/t14-,15+,16+. The summed E-state index contributed by atoms with van der Waals surface area (Å²) >= 11 is 0. The van der Waals surface area contributed by atoms with Gasteiger partial charge in [-0.25, -0.2) is 4.39 Å². The maximum atomic E-state index is 14.6. The van der Waals surface area contributed by atoms with Crippen LogP contribution in [0, 0.1) is 5.82 Å². The third-order valence-corrected chi connectivity index (χ3v) is 6.42. The molecule has 0 spiro atoms. The molecule has 4 heterocycles. The molecular formula is C22H25FN6O. The third kappa shape index (κ3) is 3.52. The molecule has 0 radical (unpaired) electrons. The fourth-order valence-electron chi connectivity index (χ4n) is 4.78. The fourth-order valence-corrected chi connectivity index (χ4v) is 4.78. The molecule has 5 rings (SSSR count). The van der Waals surface area contributed by atoms with Crippen molar-refractivity contribution in [3.8, 4) is 28.1 Å². The van der Waals surface area contributed by atoms with Gasteiger partial charge < -0.3 is 15.3 Å². The van der Waals surface area contributed by atoms with Gasteiger partial charge in [-0.2, -0.15) is 5.10 Å². The molecule has 0 aliphatic carbocycles. The smallest absolute Gasteiger partial charge is 0.151 e. The van der Waals surface area contributed by atoms with Crippen molar-refractivity contribution in [2.24, 2.45) is 0 Å². The minimum Gasteiger partial charge on any atom is -0.507 e. The number of anilines is 1. The second-order valence-corrected chi connectivity index (χ2v) is 8.34. The van der Waals surface area contributed by atoms with Crippen LogP contribution in [0.3, 0.4) is 0 Å². The fraction of sp³-hybridized carbons (Fsp3) is 0.409. The number of aromatic nitrogens is 4. The Balaban J connectivity index is 1.37. The highest BCUT2D eigenvalue weighted by atomic mass is 19.1. The van der Waals surface area contributed by atoms with Crippen molar-refractivity contribution in [1.82, 2.24) is 25.7 Å². The Morgan fingerprint density at radius 2 is 1.90 bits per heavy atom. The summed E-state index contributed by atoms with van der Waals surface area (Å²) < 4.78 is 14.6. The van der Waals surface area contributed by atoms with Gasteiger partial charge in [-0.05, 0) is 49.9 Å². The maximum absolute atomic E-state index is 14.6. The van der Waals surface area contributed by atoms with Crippen LogP contribution in [0.5, 0.6) is 5.75 Å². The molecule has 2 aliphatic heterocycles. The van der Waals surface area contributed by atoms with Gasteiger partial charge in [-0.15, -0.1) is 10.2 Å². The lowest BCUT2D eigenvalue weighted by atomic mass is 9.83. The summed E-state index contributed by atoms with van der Waals surface area (Å²) in [6, 6.07) is 7.97.